The van der Waals surface area contributed by atoms with Crippen LogP contribution in [0.3, 0.4) is 0 Å². The number of ketones is 1. The van der Waals surface area contributed by atoms with Gasteiger partial charge in [0, 0.05) is 23.5 Å². The molecule has 30 heavy (non-hydrogen) atoms. The molecule has 0 aliphatic rings. The van der Waals surface area contributed by atoms with Gasteiger partial charge in [0.2, 0.25) is 0 Å². The molecule has 0 saturated carbocycles. The number of nitrogens with one attached hydrogen (secondary N) is 2. The van der Waals surface area contributed by atoms with Crippen LogP contribution in [0.2, 0.25) is 0 Å². The van der Waals surface area contributed by atoms with Crippen molar-refractivity contribution in [2.75, 3.05) is 0 Å². The fraction of sp³-hybridized carbons (Fsp3) is 0.0952. The van der Waals surface area contributed by atoms with Gasteiger partial charge in [-0.1, -0.05) is 17.3 Å². The molecule has 2 aromatic carbocycles. The summed E-state index contributed by atoms with van der Waals surface area (Å²) in [6.45, 7) is 0. The van der Waals surface area contributed by atoms with Gasteiger partial charge in [-0.15, -0.1) is 0 Å². The van der Waals surface area contributed by atoms with Crippen LogP contribution < -0.4 is 5.48 Å². The minimum absolute atomic E-state index is 0.000452. The van der Waals surface area contributed by atoms with Gasteiger partial charge in [0.15, 0.2) is 5.84 Å². The molecule has 4 aromatic rings. The predicted molar refractivity (Wildman–Crippen MR) is 112 cm³/mol. The van der Waals surface area contributed by atoms with Crippen LogP contribution in [0, 0.1) is 5.82 Å². The van der Waals surface area contributed by atoms with E-state index in [9.17, 15) is 14.4 Å². The van der Waals surface area contributed by atoms with Crippen molar-refractivity contribution in [1.82, 2.24) is 15.6 Å². The number of benzene rings is 2. The van der Waals surface area contributed by atoms with Gasteiger partial charge in [-0.05, 0) is 51.8 Å². The van der Waals surface area contributed by atoms with Crippen LogP contribution in [0.15, 0.2) is 68.9 Å². The molecule has 0 saturated heterocycles. The van der Waals surface area contributed by atoms with Crippen LogP contribution in [0.25, 0.3) is 10.9 Å². The lowest BCUT2D eigenvalue weighted by Gasteiger charge is -2.06. The maximum atomic E-state index is 13.4. The van der Waals surface area contributed by atoms with E-state index in [1.54, 1.807) is 0 Å². The van der Waals surface area contributed by atoms with Crippen molar-refractivity contribution in [3.8, 4) is 0 Å². The molecule has 4 rings (SSSR count). The van der Waals surface area contributed by atoms with Crippen LogP contribution in [-0.2, 0) is 17.6 Å². The first-order valence-electron chi connectivity index (χ1n) is 8.99. The number of hydrogen-bond donors (Lipinski definition) is 3. The van der Waals surface area contributed by atoms with Gasteiger partial charge in [-0.2, -0.15) is 0 Å². The first kappa shape index (κ1) is 20.0. The summed E-state index contributed by atoms with van der Waals surface area (Å²) in [6.07, 6.45) is 3.35. The monoisotopic (exact) mass is 470 g/mol. The summed E-state index contributed by atoms with van der Waals surface area (Å²) in [6, 6.07) is 11.8. The number of fused-ring (bicyclic) bond motifs is 1. The molecule has 0 radical (unpaired) electrons. The summed E-state index contributed by atoms with van der Waals surface area (Å²) < 4.78 is 18.7. The molecule has 0 amide bonds. The second-order valence-electron chi connectivity index (χ2n) is 6.59. The number of aromatic amines is 1. The Morgan fingerprint density at radius 1 is 1.27 bits per heavy atom. The van der Waals surface area contributed by atoms with Crippen molar-refractivity contribution >= 4 is 44.1 Å². The number of carbonyl (C=O) groups excluding carboxylic acids is 1. The summed E-state index contributed by atoms with van der Waals surface area (Å²) in [5.74, 6) is -0.466. The van der Waals surface area contributed by atoms with Crippen LogP contribution in [0.5, 0.6) is 0 Å². The number of H-pyrrole nitrogens is 1. The smallest absolute Gasteiger partial charge is 0.162 e. The Hall–Kier alpha value is -3.30. The normalized spacial score (nSPS) is 11.8. The van der Waals surface area contributed by atoms with Crippen LogP contribution in [0.1, 0.15) is 16.8 Å². The van der Waals surface area contributed by atoms with Crippen LogP contribution in [-0.4, -0.2) is 27.0 Å². The molecule has 3 N–H and O–H groups in total. The summed E-state index contributed by atoms with van der Waals surface area (Å²) in [5, 5.41) is 14.4. The zero-order chi connectivity index (χ0) is 21.1. The lowest BCUT2D eigenvalue weighted by Crippen LogP contribution is -2.22. The molecule has 0 aliphatic heterocycles. The quantitative estimate of drug-likeness (QED) is 0.219. The number of Topliss-reactive ketones (excluding diaryl/α,β-unsaturated/α-hetero) is 1. The van der Waals surface area contributed by atoms with E-state index in [0.29, 0.717) is 16.9 Å². The molecule has 0 spiro atoms. The maximum absolute atomic E-state index is 13.4. The van der Waals surface area contributed by atoms with Gasteiger partial charge in [-0.25, -0.2) is 9.38 Å². The average Bonchev–Trinajstić information content (AvgIpc) is 3.39. The summed E-state index contributed by atoms with van der Waals surface area (Å²) in [7, 11) is 0. The molecule has 9 heteroatoms. The van der Waals surface area contributed by atoms with E-state index in [4.69, 9.17) is 4.52 Å². The maximum Gasteiger partial charge on any atom is 0.162 e. The highest BCUT2D eigenvalue weighted by molar-refractivity contribution is 9.10. The third-order valence-corrected chi connectivity index (χ3v) is 5.19. The summed E-state index contributed by atoms with van der Waals surface area (Å²) >= 11 is 3.09. The standard InChI is InChI=1S/C21H16BrFN4O3/c22-17-9-13(4-5-18(17)23)25-21(26-29)16-11-30-27-20(16)10-14(28)8-12-2-1-3-19-15(12)6-7-24-19/h1-7,9,11,24,29H,8,10H2,(H,25,26). The fourth-order valence-corrected chi connectivity index (χ4v) is 3.54. The van der Waals surface area contributed by atoms with Crippen molar-refractivity contribution < 1.29 is 18.9 Å². The Kier molecular flexibility index (Phi) is 5.73. The minimum Gasteiger partial charge on any atom is -0.364 e. The second kappa shape index (κ2) is 8.60. The molecule has 152 valence electrons. The SMILES string of the molecule is O=C(Cc1nocc1C(=Nc1ccc(F)c(Br)c1)NO)Cc1cccc2[nH]ccc12. The van der Waals surface area contributed by atoms with E-state index in [1.165, 1.54) is 24.5 Å². The largest absolute Gasteiger partial charge is 0.364 e. The molecule has 7 nitrogen and oxygen atoms in total. The number of hydrogen-bond acceptors (Lipinski definition) is 5. The molecule has 2 heterocycles. The topological polar surface area (TPSA) is 104 Å². The van der Waals surface area contributed by atoms with Gasteiger partial charge < -0.3 is 9.51 Å². The van der Waals surface area contributed by atoms with Gasteiger partial charge in [0.25, 0.3) is 0 Å². The van der Waals surface area contributed by atoms with Gasteiger partial charge in [0.05, 0.1) is 22.1 Å². The van der Waals surface area contributed by atoms with E-state index in [1.807, 2.05) is 35.9 Å². The van der Waals surface area contributed by atoms with Crippen molar-refractivity contribution in [3.63, 3.8) is 0 Å². The highest BCUT2D eigenvalue weighted by atomic mass is 79.9. The number of rotatable bonds is 6. The predicted octanol–water partition coefficient (Wildman–Crippen LogP) is 4.47. The Morgan fingerprint density at radius 3 is 2.93 bits per heavy atom. The second-order valence-corrected chi connectivity index (χ2v) is 7.45. The lowest BCUT2D eigenvalue weighted by atomic mass is 10.0. The zero-order valence-corrected chi connectivity index (χ0v) is 17.1. The number of aromatic nitrogens is 2. The number of halogens is 2. The van der Waals surface area contributed by atoms with Crippen molar-refractivity contribution in [3.05, 3.63) is 82.0 Å². The fourth-order valence-electron chi connectivity index (χ4n) is 3.18. The molecule has 2 aromatic heterocycles. The Labute approximate surface area is 178 Å². The first-order chi connectivity index (χ1) is 14.5. The molecule has 0 atom stereocenters. The number of aliphatic imine (C=N–C) groups is 1. The van der Waals surface area contributed by atoms with E-state index >= 15 is 0 Å². The average molecular weight is 471 g/mol. The van der Waals surface area contributed by atoms with Gasteiger partial charge >= 0.3 is 0 Å². The molecule has 0 bridgehead atoms. The highest BCUT2D eigenvalue weighted by Crippen LogP contribution is 2.23. The first-order valence-corrected chi connectivity index (χ1v) is 9.78. The molecular weight excluding hydrogens is 455 g/mol. The zero-order valence-electron chi connectivity index (χ0n) is 15.5. The third kappa shape index (κ3) is 4.17. The Morgan fingerprint density at radius 2 is 2.13 bits per heavy atom. The summed E-state index contributed by atoms with van der Waals surface area (Å²) in [5.41, 5.74) is 4.93. The molecule has 0 aliphatic carbocycles. The minimum atomic E-state index is -0.429. The van der Waals surface area contributed by atoms with Crippen molar-refractivity contribution in [2.24, 2.45) is 4.99 Å². The van der Waals surface area contributed by atoms with Crippen molar-refractivity contribution in [1.29, 1.82) is 0 Å². The number of nitrogens with zero attached hydrogens (tertiary/aromatic N) is 2. The van der Waals surface area contributed by atoms with E-state index in [0.717, 1.165) is 16.5 Å². The van der Waals surface area contributed by atoms with E-state index in [-0.39, 0.29) is 28.9 Å². The number of carbonyl (C=O) groups is 1. The molecule has 0 fully saturated rings. The Bertz CT molecular complexity index is 1250. The lowest BCUT2D eigenvalue weighted by molar-refractivity contribution is -0.117. The summed E-state index contributed by atoms with van der Waals surface area (Å²) in [4.78, 5) is 20.1. The van der Waals surface area contributed by atoms with Crippen molar-refractivity contribution in [2.45, 2.75) is 12.8 Å². The highest BCUT2D eigenvalue weighted by Gasteiger charge is 2.18. The Balaban J connectivity index is 1.56. The van der Waals surface area contributed by atoms with Gasteiger partial charge in [-0.3, -0.25) is 15.5 Å². The van der Waals surface area contributed by atoms with Gasteiger partial charge in [0.1, 0.15) is 23.6 Å². The number of hydroxylamine groups is 1. The third-order valence-electron chi connectivity index (χ3n) is 4.59. The van der Waals surface area contributed by atoms with Crippen LogP contribution in [0.4, 0.5) is 10.1 Å². The number of amidine groups is 1. The van der Waals surface area contributed by atoms with E-state index < -0.39 is 5.82 Å². The van der Waals surface area contributed by atoms with E-state index in [2.05, 4.69) is 31.1 Å². The van der Waals surface area contributed by atoms with Crippen LogP contribution >= 0.6 is 15.9 Å². The molecule has 0 unspecified atom stereocenters. The molecular formula is C21H16BrFN4O3.